The number of carbonyl (C=O) groups excluding carboxylic acids is 2. The van der Waals surface area contributed by atoms with Crippen molar-refractivity contribution in [2.24, 2.45) is 0 Å². The maximum atomic E-state index is 12.0. The van der Waals surface area contributed by atoms with Crippen molar-refractivity contribution in [3.63, 3.8) is 0 Å². The Hall–Kier alpha value is -3.28. The van der Waals surface area contributed by atoms with Crippen LogP contribution in [0.2, 0.25) is 0 Å². The first-order valence-electron chi connectivity index (χ1n) is 12.7. The van der Waals surface area contributed by atoms with Crippen molar-refractivity contribution < 1.29 is 28.5 Å². The molecule has 2 bridgehead atoms. The number of esters is 2. The van der Waals surface area contributed by atoms with Crippen LogP contribution in [0.15, 0.2) is 42.5 Å². The normalized spacial score (nSPS) is 19.4. The van der Waals surface area contributed by atoms with Crippen LogP contribution in [0.5, 0.6) is 11.5 Å². The highest BCUT2D eigenvalue weighted by atomic mass is 16.6. The third-order valence-electron chi connectivity index (χ3n) is 7.01. The fraction of sp³-hybridized carbons (Fsp3) is 0.467. The lowest BCUT2D eigenvalue weighted by atomic mass is 9.86. The summed E-state index contributed by atoms with van der Waals surface area (Å²) in [4.78, 5) is 23.9. The van der Waals surface area contributed by atoms with Crippen LogP contribution >= 0.6 is 0 Å². The van der Waals surface area contributed by atoms with Gasteiger partial charge in [0.25, 0.3) is 0 Å². The van der Waals surface area contributed by atoms with Gasteiger partial charge < -0.3 is 18.9 Å². The van der Waals surface area contributed by atoms with Crippen LogP contribution in [0.1, 0.15) is 75.5 Å². The Bertz CT molecular complexity index is 1230. The fourth-order valence-electron chi connectivity index (χ4n) is 5.34. The zero-order chi connectivity index (χ0) is 26.1. The molecular weight excluding hydrogens is 456 g/mol. The predicted molar refractivity (Wildman–Crippen MR) is 140 cm³/mol. The second-order valence-corrected chi connectivity index (χ2v) is 10.3. The predicted octanol–water partition coefficient (Wildman–Crippen LogP) is 6.29. The summed E-state index contributed by atoms with van der Waals surface area (Å²) in [6.07, 6.45) is 2.50. The maximum Gasteiger partial charge on any atom is 0.333 e. The Labute approximate surface area is 213 Å². The van der Waals surface area contributed by atoms with Crippen LogP contribution < -0.4 is 9.47 Å². The zero-order valence-electron chi connectivity index (χ0n) is 21.9. The first-order chi connectivity index (χ1) is 17.1. The second kappa shape index (κ2) is 10.4. The number of fused-ring (bicyclic) bond motifs is 6. The van der Waals surface area contributed by atoms with Crippen LogP contribution in [0.3, 0.4) is 0 Å². The summed E-state index contributed by atoms with van der Waals surface area (Å²) in [5, 5.41) is 2.00. The van der Waals surface area contributed by atoms with Crippen LogP contribution in [0.4, 0.5) is 0 Å². The Kier molecular flexibility index (Phi) is 7.43. The van der Waals surface area contributed by atoms with Crippen molar-refractivity contribution in [1.29, 1.82) is 0 Å². The molecule has 6 nitrogen and oxygen atoms in total. The smallest absolute Gasteiger partial charge is 0.333 e. The quantitative estimate of drug-likeness (QED) is 0.287. The summed E-state index contributed by atoms with van der Waals surface area (Å²) in [5.74, 6) is 1.74. The van der Waals surface area contributed by atoms with E-state index in [1.807, 2.05) is 19.9 Å². The minimum atomic E-state index is -0.415. The summed E-state index contributed by atoms with van der Waals surface area (Å²) < 4.78 is 23.8. The van der Waals surface area contributed by atoms with Gasteiger partial charge >= 0.3 is 11.9 Å². The SMILES string of the molecule is C=C(C)C(=O)OC(C)COc1c2c(c(OCC(C)OC(=O)C(=C)C)c3c(C)cccc13)C1CCC2C1. The number of rotatable bonds is 10. The van der Waals surface area contributed by atoms with Crippen LogP contribution in [0, 0.1) is 6.92 Å². The molecule has 192 valence electrons. The monoisotopic (exact) mass is 492 g/mol. The minimum absolute atomic E-state index is 0.250. The maximum absolute atomic E-state index is 12.0. The highest BCUT2D eigenvalue weighted by molar-refractivity contribution is 5.99. The van der Waals surface area contributed by atoms with Gasteiger partial charge in [-0.15, -0.1) is 0 Å². The molecule has 6 heteroatoms. The molecule has 4 atom stereocenters. The van der Waals surface area contributed by atoms with Gasteiger partial charge in [-0.25, -0.2) is 9.59 Å². The minimum Gasteiger partial charge on any atom is -0.489 e. The van der Waals surface area contributed by atoms with Crippen LogP contribution in [-0.2, 0) is 19.1 Å². The molecule has 1 saturated carbocycles. The van der Waals surface area contributed by atoms with E-state index in [9.17, 15) is 9.59 Å². The van der Waals surface area contributed by atoms with Crippen LogP contribution in [0.25, 0.3) is 10.8 Å². The molecule has 0 radical (unpaired) electrons. The van der Waals surface area contributed by atoms with Gasteiger partial charge in [-0.2, -0.15) is 0 Å². The molecule has 1 fully saturated rings. The van der Waals surface area contributed by atoms with E-state index in [2.05, 4.69) is 32.2 Å². The number of benzene rings is 2. The van der Waals surface area contributed by atoms with Gasteiger partial charge in [-0.05, 0) is 71.3 Å². The van der Waals surface area contributed by atoms with Gasteiger partial charge in [0.15, 0.2) is 0 Å². The summed E-state index contributed by atoms with van der Waals surface area (Å²) in [7, 11) is 0. The molecule has 2 aliphatic rings. The molecule has 0 aromatic heterocycles. The molecule has 36 heavy (non-hydrogen) atoms. The van der Waals surface area contributed by atoms with Crippen molar-refractivity contribution in [2.45, 2.75) is 77.9 Å². The largest absolute Gasteiger partial charge is 0.489 e. The van der Waals surface area contributed by atoms with Gasteiger partial charge in [-0.1, -0.05) is 31.4 Å². The highest BCUT2D eigenvalue weighted by Gasteiger charge is 2.43. The van der Waals surface area contributed by atoms with Crippen molar-refractivity contribution in [2.75, 3.05) is 13.2 Å². The molecule has 0 aliphatic heterocycles. The number of aryl methyl sites for hydroxylation is 1. The van der Waals surface area contributed by atoms with Crippen molar-refractivity contribution in [3.05, 3.63) is 59.2 Å². The Balaban J connectivity index is 1.69. The van der Waals surface area contributed by atoms with E-state index in [1.165, 1.54) is 11.1 Å². The number of hydrogen-bond donors (Lipinski definition) is 0. The Morgan fingerprint density at radius 3 is 1.92 bits per heavy atom. The third-order valence-corrected chi connectivity index (χ3v) is 7.01. The number of ether oxygens (including phenoxy) is 4. The molecule has 4 rings (SSSR count). The zero-order valence-corrected chi connectivity index (χ0v) is 21.9. The average molecular weight is 493 g/mol. The highest BCUT2D eigenvalue weighted by Crippen LogP contribution is 2.61. The Morgan fingerprint density at radius 2 is 1.39 bits per heavy atom. The molecule has 2 aromatic rings. The third kappa shape index (κ3) is 4.99. The van der Waals surface area contributed by atoms with Crippen LogP contribution in [-0.4, -0.2) is 37.4 Å². The summed E-state index contributed by atoms with van der Waals surface area (Å²) in [5.41, 5.74) is 4.25. The summed E-state index contributed by atoms with van der Waals surface area (Å²) in [6.45, 7) is 16.8. The molecule has 0 heterocycles. The van der Waals surface area contributed by atoms with E-state index >= 15 is 0 Å². The number of carbonyl (C=O) groups is 2. The van der Waals surface area contributed by atoms with E-state index in [0.29, 0.717) is 23.0 Å². The lowest BCUT2D eigenvalue weighted by molar-refractivity contribution is -0.145. The molecule has 4 unspecified atom stereocenters. The standard InChI is InChI=1S/C30H36O6/c1-16(2)29(31)35-19(6)14-33-27-23-10-8-9-18(5)24(23)28(26-22-12-11-21(13-22)25(26)27)34-15-20(7)36-30(32)17(3)4/h8-10,19-22H,1,3,11-15H2,2,4-7H3. The topological polar surface area (TPSA) is 71.1 Å². The van der Waals surface area contributed by atoms with Crippen molar-refractivity contribution >= 4 is 22.7 Å². The molecule has 0 spiro atoms. The van der Waals surface area contributed by atoms with Gasteiger partial charge in [0.2, 0.25) is 0 Å². The van der Waals surface area contributed by atoms with E-state index in [0.717, 1.165) is 47.1 Å². The summed E-state index contributed by atoms with van der Waals surface area (Å²) in [6, 6.07) is 6.15. The van der Waals surface area contributed by atoms with Gasteiger partial charge in [-0.3, -0.25) is 0 Å². The van der Waals surface area contributed by atoms with E-state index < -0.39 is 24.1 Å². The summed E-state index contributed by atoms with van der Waals surface area (Å²) >= 11 is 0. The average Bonchev–Trinajstić information content (AvgIpc) is 3.43. The Morgan fingerprint density at radius 1 is 0.889 bits per heavy atom. The molecule has 2 aliphatic carbocycles. The van der Waals surface area contributed by atoms with Crippen molar-refractivity contribution in [3.8, 4) is 11.5 Å². The molecule has 2 aromatic carbocycles. The molecule has 0 amide bonds. The lowest BCUT2D eigenvalue weighted by Crippen LogP contribution is -2.24. The second-order valence-electron chi connectivity index (χ2n) is 10.3. The lowest BCUT2D eigenvalue weighted by Gasteiger charge is -2.27. The number of hydrogen-bond acceptors (Lipinski definition) is 6. The molecule has 0 saturated heterocycles. The van der Waals surface area contributed by atoms with E-state index in [4.69, 9.17) is 18.9 Å². The molecule has 0 N–H and O–H groups in total. The van der Waals surface area contributed by atoms with Gasteiger partial charge in [0, 0.05) is 33.0 Å². The van der Waals surface area contributed by atoms with E-state index in [-0.39, 0.29) is 13.2 Å². The van der Waals surface area contributed by atoms with Crippen molar-refractivity contribution in [1.82, 2.24) is 0 Å². The fourth-order valence-corrected chi connectivity index (χ4v) is 5.34. The first-order valence-corrected chi connectivity index (χ1v) is 12.7. The molecular formula is C30H36O6. The first kappa shape index (κ1) is 25.8. The van der Waals surface area contributed by atoms with Gasteiger partial charge in [0.1, 0.15) is 36.9 Å². The van der Waals surface area contributed by atoms with Gasteiger partial charge in [0.05, 0.1) is 0 Å². The van der Waals surface area contributed by atoms with E-state index in [1.54, 1.807) is 13.8 Å².